The summed E-state index contributed by atoms with van der Waals surface area (Å²) in [6.07, 6.45) is -0.362. The molecule has 84 valence electrons. The van der Waals surface area contributed by atoms with E-state index in [0.29, 0.717) is 11.1 Å². The number of rotatable bonds is 3. The third-order valence-corrected chi connectivity index (χ3v) is 1.92. The van der Waals surface area contributed by atoms with E-state index in [1.807, 2.05) is 0 Å². The summed E-state index contributed by atoms with van der Waals surface area (Å²) in [4.78, 5) is 21.6. The van der Waals surface area contributed by atoms with E-state index >= 15 is 0 Å². The summed E-state index contributed by atoms with van der Waals surface area (Å²) in [5.41, 5.74) is 1.09. The van der Waals surface area contributed by atoms with Crippen molar-refractivity contribution in [2.24, 2.45) is 0 Å². The van der Waals surface area contributed by atoms with Gasteiger partial charge in [-0.1, -0.05) is 24.0 Å². The van der Waals surface area contributed by atoms with Crippen molar-refractivity contribution in [2.75, 3.05) is 0 Å². The van der Waals surface area contributed by atoms with Crippen LogP contribution in [0.15, 0.2) is 24.3 Å². The Labute approximate surface area is 98.5 Å². The van der Waals surface area contributed by atoms with Gasteiger partial charge in [-0.25, -0.2) is 0 Å². The summed E-state index contributed by atoms with van der Waals surface area (Å²) in [5, 5.41) is 16.8. The van der Waals surface area contributed by atoms with E-state index < -0.39 is 5.97 Å². The van der Waals surface area contributed by atoms with E-state index in [4.69, 9.17) is 10.4 Å². The van der Waals surface area contributed by atoms with Crippen LogP contribution in [0.3, 0.4) is 0 Å². The fourth-order valence-electron chi connectivity index (χ4n) is 1.14. The Bertz CT molecular complexity index is 527. The van der Waals surface area contributed by atoms with E-state index in [1.165, 1.54) is 0 Å². The molecule has 0 amide bonds. The minimum absolute atomic E-state index is 0.149. The second-order valence-electron chi connectivity index (χ2n) is 3.21. The van der Waals surface area contributed by atoms with Gasteiger partial charge >= 0.3 is 5.97 Å². The van der Waals surface area contributed by atoms with Gasteiger partial charge in [0.05, 0.1) is 12.5 Å². The van der Waals surface area contributed by atoms with E-state index in [-0.39, 0.29) is 18.6 Å². The van der Waals surface area contributed by atoms with Crippen LogP contribution < -0.4 is 0 Å². The summed E-state index contributed by atoms with van der Waals surface area (Å²) >= 11 is 0. The van der Waals surface area contributed by atoms with Crippen molar-refractivity contribution < 1.29 is 14.7 Å². The van der Waals surface area contributed by atoms with Crippen LogP contribution in [0.25, 0.3) is 0 Å². The minimum Gasteiger partial charge on any atom is -0.481 e. The Morgan fingerprint density at radius 3 is 2.35 bits per heavy atom. The fraction of sp³-hybridized carbons (Fsp3) is 0.154. The van der Waals surface area contributed by atoms with Crippen LogP contribution in [0.2, 0.25) is 0 Å². The first kappa shape index (κ1) is 12.5. The average molecular weight is 227 g/mol. The Morgan fingerprint density at radius 2 is 1.82 bits per heavy atom. The van der Waals surface area contributed by atoms with E-state index in [1.54, 1.807) is 30.3 Å². The molecular formula is C13H9NO3. The molecule has 1 rings (SSSR count). The van der Waals surface area contributed by atoms with Crippen LogP contribution in [0.1, 0.15) is 28.8 Å². The van der Waals surface area contributed by atoms with Gasteiger partial charge in [-0.05, 0) is 12.1 Å². The highest BCUT2D eigenvalue weighted by Gasteiger charge is 2.03. The molecule has 0 aliphatic carbocycles. The second kappa shape index (κ2) is 6.09. The maximum atomic E-state index is 11.3. The summed E-state index contributed by atoms with van der Waals surface area (Å²) in [6.45, 7) is 0. The third kappa shape index (κ3) is 4.19. The number of hydrogen-bond acceptors (Lipinski definition) is 3. The third-order valence-electron chi connectivity index (χ3n) is 1.92. The first-order valence-corrected chi connectivity index (χ1v) is 4.84. The fourth-order valence-corrected chi connectivity index (χ4v) is 1.14. The predicted octanol–water partition coefficient (Wildman–Crippen LogP) is 1.61. The maximum Gasteiger partial charge on any atom is 0.315 e. The molecule has 0 aromatic heterocycles. The molecule has 0 atom stereocenters. The lowest BCUT2D eigenvalue weighted by atomic mass is 10.1. The zero-order valence-electron chi connectivity index (χ0n) is 8.93. The van der Waals surface area contributed by atoms with Gasteiger partial charge in [0.1, 0.15) is 6.42 Å². The lowest BCUT2D eigenvalue weighted by Crippen LogP contribution is -1.96. The van der Waals surface area contributed by atoms with E-state index in [0.717, 1.165) is 0 Å². The number of carboxylic acids is 1. The quantitative estimate of drug-likeness (QED) is 0.628. The summed E-state index contributed by atoms with van der Waals surface area (Å²) < 4.78 is 0. The molecule has 1 N–H and O–H groups in total. The standard InChI is InChI=1S/C13H9NO3/c14-9-8-12(15)11-6-4-10(5-7-11)2-1-3-13(16)17/h4-7H,3,8H2,(H,16,17). The lowest BCUT2D eigenvalue weighted by Gasteiger charge is -1.96. The molecule has 1 aromatic carbocycles. The lowest BCUT2D eigenvalue weighted by molar-refractivity contribution is -0.135. The van der Waals surface area contributed by atoms with Gasteiger partial charge in [0.25, 0.3) is 0 Å². The number of nitrogens with zero attached hydrogens (tertiary/aromatic N) is 1. The Kier molecular flexibility index (Phi) is 4.47. The zero-order valence-corrected chi connectivity index (χ0v) is 8.93. The topological polar surface area (TPSA) is 78.2 Å². The number of benzene rings is 1. The number of hydrogen-bond donors (Lipinski definition) is 1. The Morgan fingerprint density at radius 1 is 1.18 bits per heavy atom. The van der Waals surface area contributed by atoms with Crippen molar-refractivity contribution >= 4 is 11.8 Å². The molecule has 4 heteroatoms. The van der Waals surface area contributed by atoms with Gasteiger partial charge in [0.15, 0.2) is 5.78 Å². The number of carbonyl (C=O) groups is 2. The van der Waals surface area contributed by atoms with Gasteiger partial charge < -0.3 is 5.11 Å². The molecule has 0 saturated heterocycles. The van der Waals surface area contributed by atoms with Crippen LogP contribution in [-0.4, -0.2) is 16.9 Å². The Hall–Kier alpha value is -2.59. The van der Waals surface area contributed by atoms with Gasteiger partial charge in [-0.2, -0.15) is 5.26 Å². The molecule has 4 nitrogen and oxygen atoms in total. The average Bonchev–Trinajstić information content (AvgIpc) is 2.30. The molecular weight excluding hydrogens is 218 g/mol. The molecule has 0 aliphatic heterocycles. The molecule has 0 fully saturated rings. The van der Waals surface area contributed by atoms with Gasteiger partial charge in [0, 0.05) is 11.1 Å². The molecule has 1 aromatic rings. The van der Waals surface area contributed by atoms with Crippen LogP contribution in [-0.2, 0) is 4.79 Å². The largest absolute Gasteiger partial charge is 0.481 e. The number of Topliss-reactive ketones (excluding diaryl/α,β-unsaturated/α-hetero) is 1. The van der Waals surface area contributed by atoms with Gasteiger partial charge in [-0.15, -0.1) is 0 Å². The van der Waals surface area contributed by atoms with Crippen LogP contribution in [0.5, 0.6) is 0 Å². The highest BCUT2D eigenvalue weighted by Crippen LogP contribution is 2.05. The monoisotopic (exact) mass is 227 g/mol. The van der Waals surface area contributed by atoms with Crippen LogP contribution >= 0.6 is 0 Å². The number of ketones is 1. The molecule has 0 saturated carbocycles. The first-order valence-electron chi connectivity index (χ1n) is 4.84. The normalized spacial score (nSPS) is 8.65. The van der Waals surface area contributed by atoms with Gasteiger partial charge in [0.2, 0.25) is 0 Å². The van der Waals surface area contributed by atoms with Crippen molar-refractivity contribution in [1.82, 2.24) is 0 Å². The number of nitriles is 1. The van der Waals surface area contributed by atoms with Crippen molar-refractivity contribution in [3.8, 4) is 17.9 Å². The predicted molar refractivity (Wildman–Crippen MR) is 60.1 cm³/mol. The number of aliphatic carboxylic acids is 1. The zero-order chi connectivity index (χ0) is 12.7. The van der Waals surface area contributed by atoms with Crippen LogP contribution in [0, 0.1) is 23.2 Å². The number of carbonyl (C=O) groups excluding carboxylic acids is 1. The van der Waals surface area contributed by atoms with Crippen molar-refractivity contribution in [3.05, 3.63) is 35.4 Å². The molecule has 0 spiro atoms. The number of carboxylic acid groups (broad SMARTS) is 1. The highest BCUT2D eigenvalue weighted by molar-refractivity contribution is 5.97. The molecule has 0 unspecified atom stereocenters. The smallest absolute Gasteiger partial charge is 0.315 e. The van der Waals surface area contributed by atoms with Gasteiger partial charge in [-0.3, -0.25) is 9.59 Å². The molecule has 17 heavy (non-hydrogen) atoms. The Balaban J connectivity index is 2.74. The molecule has 0 heterocycles. The van der Waals surface area contributed by atoms with Crippen molar-refractivity contribution in [3.63, 3.8) is 0 Å². The highest BCUT2D eigenvalue weighted by atomic mass is 16.4. The van der Waals surface area contributed by atoms with E-state index in [9.17, 15) is 9.59 Å². The van der Waals surface area contributed by atoms with E-state index in [2.05, 4.69) is 11.8 Å². The summed E-state index contributed by atoms with van der Waals surface area (Å²) in [7, 11) is 0. The second-order valence-corrected chi connectivity index (χ2v) is 3.21. The maximum absolute atomic E-state index is 11.3. The molecule has 0 aliphatic rings. The molecule has 0 bridgehead atoms. The van der Waals surface area contributed by atoms with Crippen molar-refractivity contribution in [1.29, 1.82) is 5.26 Å². The SMILES string of the molecule is N#CCC(=O)c1ccc(C#CCC(=O)O)cc1. The molecule has 0 radical (unpaired) electrons. The minimum atomic E-state index is -0.974. The first-order chi connectivity index (χ1) is 8.13. The van der Waals surface area contributed by atoms with Crippen LogP contribution in [0.4, 0.5) is 0 Å². The summed E-state index contributed by atoms with van der Waals surface area (Å²) in [6, 6.07) is 8.18. The summed E-state index contributed by atoms with van der Waals surface area (Å²) in [5.74, 6) is 3.94. The van der Waals surface area contributed by atoms with Crippen molar-refractivity contribution in [2.45, 2.75) is 12.8 Å².